The second kappa shape index (κ2) is 3.88. The fourth-order valence-electron chi connectivity index (χ4n) is 2.11. The van der Waals surface area contributed by atoms with Gasteiger partial charge in [0.2, 0.25) is 0 Å². The van der Waals surface area contributed by atoms with Crippen molar-refractivity contribution in [2.24, 2.45) is 11.8 Å². The highest BCUT2D eigenvalue weighted by molar-refractivity contribution is 14.1. The molecule has 1 heterocycles. The van der Waals surface area contributed by atoms with Crippen LogP contribution >= 0.6 is 22.6 Å². The van der Waals surface area contributed by atoms with Crippen molar-refractivity contribution in [3.63, 3.8) is 0 Å². The fourth-order valence-corrected chi connectivity index (χ4v) is 2.56. The standard InChI is InChI=1S/C11H14IN3/c12-9-5-13-6-14-11(9)15-10(7-1-2-7)8-3-4-8/h5-8,10H,1-4H2,(H,13,14,15). The second-order valence-electron chi connectivity index (χ2n) is 4.56. The summed E-state index contributed by atoms with van der Waals surface area (Å²) in [5.41, 5.74) is 0. The molecular formula is C11H14IN3. The molecule has 1 N–H and O–H groups in total. The molecule has 0 aromatic carbocycles. The predicted molar refractivity (Wildman–Crippen MR) is 67.6 cm³/mol. The summed E-state index contributed by atoms with van der Waals surface area (Å²) < 4.78 is 1.13. The van der Waals surface area contributed by atoms with Gasteiger partial charge in [0.25, 0.3) is 0 Å². The Morgan fingerprint density at radius 2 is 1.93 bits per heavy atom. The number of aromatic nitrogens is 2. The molecule has 0 amide bonds. The Balaban J connectivity index is 1.74. The molecule has 2 saturated carbocycles. The Labute approximate surface area is 103 Å². The minimum absolute atomic E-state index is 0.674. The minimum Gasteiger partial charge on any atom is -0.366 e. The average Bonchev–Trinajstić information content (AvgIpc) is 3.10. The van der Waals surface area contributed by atoms with Crippen LogP contribution in [0, 0.1) is 15.4 Å². The van der Waals surface area contributed by atoms with Gasteiger partial charge in [-0.3, -0.25) is 0 Å². The summed E-state index contributed by atoms with van der Waals surface area (Å²) in [5.74, 6) is 2.83. The lowest BCUT2D eigenvalue weighted by molar-refractivity contribution is 0.565. The monoisotopic (exact) mass is 315 g/mol. The summed E-state index contributed by atoms with van der Waals surface area (Å²) in [6.45, 7) is 0. The molecule has 0 unspecified atom stereocenters. The molecule has 3 rings (SSSR count). The van der Waals surface area contributed by atoms with E-state index in [2.05, 4.69) is 37.9 Å². The highest BCUT2D eigenvalue weighted by atomic mass is 127. The molecule has 1 aromatic rings. The van der Waals surface area contributed by atoms with Gasteiger partial charge in [0.15, 0.2) is 0 Å². The third-order valence-electron chi connectivity index (χ3n) is 3.23. The number of nitrogens with zero attached hydrogens (tertiary/aromatic N) is 2. The van der Waals surface area contributed by atoms with Gasteiger partial charge in [-0.15, -0.1) is 0 Å². The largest absolute Gasteiger partial charge is 0.366 e. The highest BCUT2D eigenvalue weighted by Gasteiger charge is 2.41. The van der Waals surface area contributed by atoms with Gasteiger partial charge < -0.3 is 5.32 Å². The first kappa shape index (κ1) is 9.81. The molecule has 0 atom stereocenters. The molecule has 3 nitrogen and oxygen atoms in total. The van der Waals surface area contributed by atoms with Crippen LogP contribution in [0.15, 0.2) is 12.5 Å². The summed E-state index contributed by atoms with van der Waals surface area (Å²) in [4.78, 5) is 8.32. The Bertz CT molecular complexity index is 349. The van der Waals surface area contributed by atoms with Gasteiger partial charge in [-0.1, -0.05) is 0 Å². The van der Waals surface area contributed by atoms with Gasteiger partial charge in [0.1, 0.15) is 12.1 Å². The van der Waals surface area contributed by atoms with Crippen LogP contribution in [0.25, 0.3) is 0 Å². The first-order valence-corrected chi connectivity index (χ1v) is 6.64. The zero-order valence-electron chi connectivity index (χ0n) is 8.49. The van der Waals surface area contributed by atoms with Gasteiger partial charge in [0.05, 0.1) is 3.57 Å². The summed E-state index contributed by atoms with van der Waals surface area (Å²) >= 11 is 2.29. The van der Waals surface area contributed by atoms with Crippen LogP contribution in [-0.4, -0.2) is 16.0 Å². The van der Waals surface area contributed by atoms with E-state index in [1.54, 1.807) is 6.33 Å². The van der Waals surface area contributed by atoms with Crippen molar-refractivity contribution in [1.29, 1.82) is 0 Å². The Morgan fingerprint density at radius 1 is 1.27 bits per heavy atom. The predicted octanol–water partition coefficient (Wildman–Crippen LogP) is 2.68. The molecule has 15 heavy (non-hydrogen) atoms. The molecule has 2 aliphatic rings. The van der Waals surface area contributed by atoms with Gasteiger partial charge in [0, 0.05) is 12.2 Å². The van der Waals surface area contributed by atoms with Gasteiger partial charge in [-0.25, -0.2) is 9.97 Å². The summed E-state index contributed by atoms with van der Waals surface area (Å²) in [7, 11) is 0. The quantitative estimate of drug-likeness (QED) is 0.868. The van der Waals surface area contributed by atoms with Crippen LogP contribution < -0.4 is 5.32 Å². The minimum atomic E-state index is 0.674. The number of hydrogen-bond acceptors (Lipinski definition) is 3. The molecule has 4 heteroatoms. The average molecular weight is 315 g/mol. The van der Waals surface area contributed by atoms with E-state index in [0.29, 0.717) is 6.04 Å². The van der Waals surface area contributed by atoms with Crippen molar-refractivity contribution < 1.29 is 0 Å². The van der Waals surface area contributed by atoms with E-state index in [-0.39, 0.29) is 0 Å². The zero-order valence-corrected chi connectivity index (χ0v) is 10.6. The third kappa shape index (κ3) is 2.24. The van der Waals surface area contributed by atoms with Crippen LogP contribution in [-0.2, 0) is 0 Å². The van der Waals surface area contributed by atoms with Crippen molar-refractivity contribution >= 4 is 28.4 Å². The second-order valence-corrected chi connectivity index (χ2v) is 5.73. The van der Waals surface area contributed by atoms with Crippen molar-refractivity contribution in [2.75, 3.05) is 5.32 Å². The lowest BCUT2D eigenvalue weighted by Gasteiger charge is -2.18. The van der Waals surface area contributed by atoms with Crippen LogP contribution in [0.3, 0.4) is 0 Å². The highest BCUT2D eigenvalue weighted by Crippen LogP contribution is 2.45. The summed E-state index contributed by atoms with van der Waals surface area (Å²) in [6.07, 6.45) is 9.09. The Hall–Kier alpha value is -0.390. The molecule has 0 bridgehead atoms. The lowest BCUT2D eigenvalue weighted by atomic mass is 10.1. The molecule has 1 aromatic heterocycles. The van der Waals surface area contributed by atoms with E-state index in [0.717, 1.165) is 21.2 Å². The van der Waals surface area contributed by atoms with Crippen LogP contribution in [0.5, 0.6) is 0 Å². The fraction of sp³-hybridized carbons (Fsp3) is 0.636. The Morgan fingerprint density at radius 3 is 2.47 bits per heavy atom. The van der Waals surface area contributed by atoms with Crippen molar-refractivity contribution in [3.8, 4) is 0 Å². The van der Waals surface area contributed by atoms with Crippen molar-refractivity contribution in [3.05, 3.63) is 16.1 Å². The molecule has 0 saturated heterocycles. The summed E-state index contributed by atoms with van der Waals surface area (Å²) in [6, 6.07) is 0.674. The van der Waals surface area contributed by atoms with E-state index in [1.165, 1.54) is 25.7 Å². The number of anilines is 1. The molecule has 0 aliphatic heterocycles. The molecular weight excluding hydrogens is 301 g/mol. The van der Waals surface area contributed by atoms with Crippen molar-refractivity contribution in [1.82, 2.24) is 9.97 Å². The Kier molecular flexibility index (Phi) is 2.54. The maximum absolute atomic E-state index is 4.31. The zero-order chi connectivity index (χ0) is 10.3. The maximum Gasteiger partial charge on any atom is 0.143 e. The van der Waals surface area contributed by atoms with Crippen LogP contribution in [0.2, 0.25) is 0 Å². The number of halogens is 1. The smallest absolute Gasteiger partial charge is 0.143 e. The van der Waals surface area contributed by atoms with E-state index in [9.17, 15) is 0 Å². The number of nitrogens with one attached hydrogen (secondary N) is 1. The topological polar surface area (TPSA) is 37.8 Å². The van der Waals surface area contributed by atoms with E-state index in [1.807, 2.05) is 6.20 Å². The van der Waals surface area contributed by atoms with E-state index < -0.39 is 0 Å². The summed E-state index contributed by atoms with van der Waals surface area (Å²) in [5, 5.41) is 3.61. The van der Waals surface area contributed by atoms with Crippen LogP contribution in [0.1, 0.15) is 25.7 Å². The first-order chi connectivity index (χ1) is 7.34. The number of rotatable bonds is 4. The molecule has 0 spiro atoms. The van der Waals surface area contributed by atoms with E-state index in [4.69, 9.17) is 0 Å². The van der Waals surface area contributed by atoms with Gasteiger partial charge in [-0.05, 0) is 60.1 Å². The lowest BCUT2D eigenvalue weighted by Crippen LogP contribution is -2.25. The molecule has 2 aliphatic carbocycles. The van der Waals surface area contributed by atoms with Crippen molar-refractivity contribution in [2.45, 2.75) is 31.7 Å². The normalized spacial score (nSPS) is 20.7. The van der Waals surface area contributed by atoms with Gasteiger partial charge >= 0.3 is 0 Å². The molecule has 2 fully saturated rings. The molecule has 80 valence electrons. The van der Waals surface area contributed by atoms with Crippen LogP contribution in [0.4, 0.5) is 5.82 Å². The first-order valence-electron chi connectivity index (χ1n) is 5.56. The van der Waals surface area contributed by atoms with E-state index >= 15 is 0 Å². The SMILES string of the molecule is Ic1cncnc1NC(C1CC1)C1CC1. The number of hydrogen-bond donors (Lipinski definition) is 1. The third-order valence-corrected chi connectivity index (χ3v) is 4.02. The van der Waals surface area contributed by atoms with Gasteiger partial charge in [-0.2, -0.15) is 0 Å². The molecule has 0 radical (unpaired) electrons. The maximum atomic E-state index is 4.31.